The summed E-state index contributed by atoms with van der Waals surface area (Å²) in [5.74, 6) is 1.35. The number of aliphatic carboxylic acids is 1. The normalized spacial score (nSPS) is 43.8. The van der Waals surface area contributed by atoms with Crippen molar-refractivity contribution in [3.63, 3.8) is 0 Å². The van der Waals surface area contributed by atoms with Crippen LogP contribution >= 0.6 is 0 Å². The van der Waals surface area contributed by atoms with Gasteiger partial charge in [-0.2, -0.15) is 0 Å². The average Bonchev–Trinajstić information content (AvgIpc) is 3.40. The Morgan fingerprint density at radius 3 is 2.47 bits per heavy atom. The fourth-order valence-electron chi connectivity index (χ4n) is 9.99. The Kier molecular flexibility index (Phi) is 6.53. The molecule has 4 heteroatoms. The molecule has 0 amide bonds. The van der Waals surface area contributed by atoms with Crippen LogP contribution in [0, 0.1) is 45.3 Å². The summed E-state index contributed by atoms with van der Waals surface area (Å²) in [6.45, 7) is 13.5. The van der Waals surface area contributed by atoms with Gasteiger partial charge in [-0.3, -0.25) is 14.4 Å². The fourth-order valence-corrected chi connectivity index (χ4v) is 9.99. The predicted octanol–water partition coefficient (Wildman–Crippen LogP) is 6.79. The number of carboxylic acid groups (broad SMARTS) is 1. The van der Waals surface area contributed by atoms with Gasteiger partial charge in [0, 0.05) is 6.42 Å². The van der Waals surface area contributed by atoms with E-state index < -0.39 is 5.97 Å². The van der Waals surface area contributed by atoms with Crippen LogP contribution in [0.5, 0.6) is 0 Å². The lowest BCUT2D eigenvalue weighted by Crippen LogP contribution is -2.54. The number of hydrogen-bond acceptors (Lipinski definition) is 3. The first-order valence-corrected chi connectivity index (χ1v) is 13.5. The first kappa shape index (κ1) is 25.4. The predicted molar refractivity (Wildman–Crippen MR) is 134 cm³/mol. The van der Waals surface area contributed by atoms with Crippen molar-refractivity contribution in [2.75, 3.05) is 0 Å². The van der Waals surface area contributed by atoms with Crippen LogP contribution in [-0.4, -0.2) is 23.6 Å². The van der Waals surface area contributed by atoms with E-state index in [0.29, 0.717) is 35.2 Å². The van der Waals surface area contributed by atoms with E-state index >= 15 is 0 Å². The summed E-state index contributed by atoms with van der Waals surface area (Å²) < 4.78 is 0. The summed E-state index contributed by atoms with van der Waals surface area (Å²) in [6.07, 6.45) is 15.0. The van der Waals surface area contributed by atoms with E-state index in [1.165, 1.54) is 25.7 Å². The maximum Gasteiger partial charge on any atom is 0.303 e. The number of rotatable bonds is 10. The Bertz CT molecular complexity index is 903. The van der Waals surface area contributed by atoms with Gasteiger partial charge in [-0.05, 0) is 128 Å². The van der Waals surface area contributed by atoms with Crippen LogP contribution in [0.25, 0.3) is 0 Å². The van der Waals surface area contributed by atoms with Gasteiger partial charge in [0.05, 0.1) is 0 Å². The smallest absolute Gasteiger partial charge is 0.303 e. The molecule has 0 heterocycles. The summed E-state index contributed by atoms with van der Waals surface area (Å²) in [5.41, 5.74) is 2.22. The van der Waals surface area contributed by atoms with E-state index in [1.807, 2.05) is 6.92 Å². The fraction of sp³-hybridized carbons (Fsp3) is 0.767. The number of aldehydes is 2. The SMILES string of the molecule is C=C(C=O)[C@@H]1CC[C@@H]2[C@]3(CC[C@]4(C)[C@@H]([C@H](C)CCC=C(C)C=O)CC[C@@]24C)C[C@]13CCC(=O)O. The van der Waals surface area contributed by atoms with Crippen molar-refractivity contribution in [2.45, 2.75) is 98.3 Å². The van der Waals surface area contributed by atoms with Crippen molar-refractivity contribution in [2.24, 2.45) is 45.3 Å². The molecule has 0 aromatic rings. The Balaban J connectivity index is 1.59. The second kappa shape index (κ2) is 8.75. The third-order valence-corrected chi connectivity index (χ3v) is 11.9. The Hall–Kier alpha value is -1.71. The summed E-state index contributed by atoms with van der Waals surface area (Å²) in [5, 5.41) is 9.50. The maximum absolute atomic E-state index is 11.7. The lowest BCUT2D eigenvalue weighted by atomic mass is 9.43. The van der Waals surface area contributed by atoms with Gasteiger partial charge in [-0.1, -0.05) is 33.4 Å². The van der Waals surface area contributed by atoms with Crippen molar-refractivity contribution in [3.8, 4) is 0 Å². The van der Waals surface area contributed by atoms with E-state index in [-0.39, 0.29) is 28.6 Å². The third-order valence-electron chi connectivity index (χ3n) is 11.9. The zero-order valence-corrected chi connectivity index (χ0v) is 21.7. The molecule has 0 aromatic carbocycles. The summed E-state index contributed by atoms with van der Waals surface area (Å²) in [4.78, 5) is 34.2. The zero-order valence-electron chi connectivity index (χ0n) is 21.7. The molecule has 0 saturated heterocycles. The van der Waals surface area contributed by atoms with Gasteiger partial charge in [0.15, 0.2) is 0 Å². The molecular formula is C30H44O4. The van der Waals surface area contributed by atoms with Gasteiger partial charge in [0.1, 0.15) is 12.6 Å². The van der Waals surface area contributed by atoms with Crippen molar-refractivity contribution < 1.29 is 19.5 Å². The molecule has 0 aliphatic heterocycles. The molecule has 1 spiro atoms. The molecule has 188 valence electrons. The maximum atomic E-state index is 11.7. The molecule has 0 radical (unpaired) electrons. The number of carbonyl (C=O) groups excluding carboxylic acids is 2. The molecule has 1 N–H and O–H groups in total. The summed E-state index contributed by atoms with van der Waals surface area (Å²) in [7, 11) is 0. The number of hydrogen-bond donors (Lipinski definition) is 1. The highest BCUT2D eigenvalue weighted by Gasteiger charge is 2.80. The second-order valence-electron chi connectivity index (χ2n) is 12.9. The van der Waals surface area contributed by atoms with E-state index in [9.17, 15) is 19.5 Å². The minimum Gasteiger partial charge on any atom is -0.481 e. The quantitative estimate of drug-likeness (QED) is 0.283. The topological polar surface area (TPSA) is 71.4 Å². The summed E-state index contributed by atoms with van der Waals surface area (Å²) >= 11 is 0. The van der Waals surface area contributed by atoms with E-state index in [2.05, 4.69) is 33.4 Å². The van der Waals surface area contributed by atoms with Crippen LogP contribution in [0.4, 0.5) is 0 Å². The third kappa shape index (κ3) is 3.49. The average molecular weight is 469 g/mol. The highest BCUT2D eigenvalue weighted by atomic mass is 16.4. The molecule has 4 rings (SSSR count). The van der Waals surface area contributed by atoms with Gasteiger partial charge in [0.25, 0.3) is 0 Å². The molecular weight excluding hydrogens is 424 g/mol. The molecule has 34 heavy (non-hydrogen) atoms. The number of carbonyl (C=O) groups is 3. The van der Waals surface area contributed by atoms with Crippen LogP contribution in [0.15, 0.2) is 23.8 Å². The highest BCUT2D eigenvalue weighted by Crippen LogP contribution is 2.87. The Labute approximate surface area is 205 Å². The molecule has 0 aromatic heterocycles. The monoisotopic (exact) mass is 468 g/mol. The number of allylic oxidation sites excluding steroid dienone is 3. The molecule has 4 fully saturated rings. The standard InChI is InChI=1S/C30H44O4/c1-20(17-31)7-6-8-21(2)23-11-13-28(5)25-10-9-24(22(3)18-32)29(14-12-26(33)34)19-30(25,29)16-15-27(23,28)4/h7,17-18,21,23-25H,3,6,8-16,19H2,1-2,4-5H3,(H,33,34)/t21-,23-,24+,25+,27-,28+,29-,30+/m1/s1. The molecule has 0 bridgehead atoms. The van der Waals surface area contributed by atoms with Crippen LogP contribution in [0.1, 0.15) is 98.3 Å². The molecule has 8 atom stereocenters. The number of fused-ring (bicyclic) bond motifs is 2. The molecule has 0 unspecified atom stereocenters. The summed E-state index contributed by atoms with van der Waals surface area (Å²) in [6, 6.07) is 0. The van der Waals surface area contributed by atoms with Crippen LogP contribution in [-0.2, 0) is 14.4 Å². The van der Waals surface area contributed by atoms with Gasteiger partial charge in [0.2, 0.25) is 0 Å². The Morgan fingerprint density at radius 1 is 1.09 bits per heavy atom. The molecule has 4 aliphatic rings. The van der Waals surface area contributed by atoms with E-state index in [0.717, 1.165) is 50.2 Å². The van der Waals surface area contributed by atoms with Crippen molar-refractivity contribution in [3.05, 3.63) is 23.8 Å². The van der Waals surface area contributed by atoms with Gasteiger partial charge < -0.3 is 5.11 Å². The van der Waals surface area contributed by atoms with E-state index in [4.69, 9.17) is 0 Å². The van der Waals surface area contributed by atoms with E-state index in [1.54, 1.807) is 0 Å². The van der Waals surface area contributed by atoms with Crippen LogP contribution in [0.3, 0.4) is 0 Å². The van der Waals surface area contributed by atoms with Crippen LogP contribution < -0.4 is 0 Å². The van der Waals surface area contributed by atoms with Gasteiger partial charge >= 0.3 is 5.97 Å². The van der Waals surface area contributed by atoms with Gasteiger partial charge in [-0.25, -0.2) is 0 Å². The molecule has 4 aliphatic carbocycles. The second-order valence-corrected chi connectivity index (χ2v) is 12.9. The highest BCUT2D eigenvalue weighted by molar-refractivity contribution is 5.74. The van der Waals surface area contributed by atoms with Crippen molar-refractivity contribution in [1.29, 1.82) is 0 Å². The zero-order chi connectivity index (χ0) is 24.9. The largest absolute Gasteiger partial charge is 0.481 e. The Morgan fingerprint density at radius 2 is 1.82 bits per heavy atom. The van der Waals surface area contributed by atoms with Crippen molar-refractivity contribution in [1.82, 2.24) is 0 Å². The van der Waals surface area contributed by atoms with Crippen LogP contribution in [0.2, 0.25) is 0 Å². The minimum absolute atomic E-state index is 0.0442. The number of carboxylic acids is 1. The minimum atomic E-state index is -0.727. The van der Waals surface area contributed by atoms with Gasteiger partial charge in [-0.15, -0.1) is 0 Å². The van der Waals surface area contributed by atoms with Crippen molar-refractivity contribution >= 4 is 18.5 Å². The lowest BCUT2D eigenvalue weighted by Gasteiger charge is -2.61. The molecule has 4 saturated carbocycles. The lowest BCUT2D eigenvalue weighted by molar-refractivity contribution is -0.139. The molecule has 4 nitrogen and oxygen atoms in total. The first-order valence-electron chi connectivity index (χ1n) is 13.5. The first-order chi connectivity index (χ1) is 16.0.